The molecule has 0 spiro atoms. The molecule has 0 radical (unpaired) electrons. The van der Waals surface area contributed by atoms with Crippen LogP contribution in [0.3, 0.4) is 0 Å². The van der Waals surface area contributed by atoms with Crippen molar-refractivity contribution in [2.24, 2.45) is 17.8 Å². The summed E-state index contributed by atoms with van der Waals surface area (Å²) in [6.07, 6.45) is 7.45. The van der Waals surface area contributed by atoms with Crippen LogP contribution < -0.4 is 4.90 Å². The first kappa shape index (κ1) is 11.5. The Hall–Kier alpha value is -1.56. The molecular formula is C15H19N3. The highest BCUT2D eigenvalue weighted by Gasteiger charge is 2.39. The van der Waals surface area contributed by atoms with E-state index in [1.807, 2.05) is 6.07 Å². The fraction of sp³-hybridized carbons (Fsp3) is 0.600. The van der Waals surface area contributed by atoms with E-state index in [9.17, 15) is 0 Å². The van der Waals surface area contributed by atoms with Crippen molar-refractivity contribution in [1.82, 2.24) is 4.98 Å². The Balaban J connectivity index is 1.67. The van der Waals surface area contributed by atoms with E-state index in [0.717, 1.165) is 30.1 Å². The van der Waals surface area contributed by atoms with Gasteiger partial charge < -0.3 is 4.90 Å². The molecule has 3 atom stereocenters. The van der Waals surface area contributed by atoms with Gasteiger partial charge in [0.25, 0.3) is 0 Å². The highest BCUT2D eigenvalue weighted by atomic mass is 15.2. The lowest BCUT2D eigenvalue weighted by atomic mass is 9.88. The van der Waals surface area contributed by atoms with Crippen LogP contribution in [0.15, 0.2) is 18.3 Å². The van der Waals surface area contributed by atoms with Gasteiger partial charge in [-0.25, -0.2) is 4.98 Å². The lowest BCUT2D eigenvalue weighted by Crippen LogP contribution is -2.29. The quantitative estimate of drug-likeness (QED) is 0.817. The molecule has 3 unspecified atom stereocenters. The van der Waals surface area contributed by atoms with E-state index >= 15 is 0 Å². The van der Waals surface area contributed by atoms with Crippen LogP contribution in [0.5, 0.6) is 0 Å². The van der Waals surface area contributed by atoms with Gasteiger partial charge in [0, 0.05) is 19.8 Å². The van der Waals surface area contributed by atoms with Crippen molar-refractivity contribution in [2.45, 2.75) is 25.7 Å². The van der Waals surface area contributed by atoms with Crippen LogP contribution >= 0.6 is 0 Å². The summed E-state index contributed by atoms with van der Waals surface area (Å²) in [5.41, 5.74) is 0.694. The van der Waals surface area contributed by atoms with Crippen molar-refractivity contribution >= 4 is 5.82 Å². The number of hydrogen-bond donors (Lipinski definition) is 0. The van der Waals surface area contributed by atoms with Gasteiger partial charge >= 0.3 is 0 Å². The summed E-state index contributed by atoms with van der Waals surface area (Å²) in [6.45, 7) is 1.09. The van der Waals surface area contributed by atoms with Crippen LogP contribution in [0.1, 0.15) is 31.2 Å². The van der Waals surface area contributed by atoms with Crippen molar-refractivity contribution in [3.63, 3.8) is 0 Å². The molecule has 1 aromatic rings. The molecule has 2 aliphatic carbocycles. The van der Waals surface area contributed by atoms with E-state index in [-0.39, 0.29) is 0 Å². The summed E-state index contributed by atoms with van der Waals surface area (Å²) < 4.78 is 0. The third kappa shape index (κ3) is 2.08. The molecule has 2 bridgehead atoms. The van der Waals surface area contributed by atoms with Crippen molar-refractivity contribution in [1.29, 1.82) is 5.26 Å². The average Bonchev–Trinajstić information content (AvgIpc) is 3.01. The van der Waals surface area contributed by atoms with Gasteiger partial charge in [-0.3, -0.25) is 0 Å². The second-order valence-corrected chi connectivity index (χ2v) is 5.83. The number of aromatic nitrogens is 1. The molecule has 0 N–H and O–H groups in total. The molecule has 0 saturated heterocycles. The first-order valence-corrected chi connectivity index (χ1v) is 6.83. The molecule has 0 aliphatic heterocycles. The van der Waals surface area contributed by atoms with E-state index in [0.29, 0.717) is 5.56 Å². The van der Waals surface area contributed by atoms with E-state index in [1.165, 1.54) is 25.7 Å². The number of fused-ring (bicyclic) bond motifs is 2. The van der Waals surface area contributed by atoms with E-state index < -0.39 is 0 Å². The van der Waals surface area contributed by atoms with Crippen LogP contribution in [0.25, 0.3) is 0 Å². The number of nitrogens with zero attached hydrogens (tertiary/aromatic N) is 3. The summed E-state index contributed by atoms with van der Waals surface area (Å²) in [6, 6.07) is 5.82. The number of anilines is 1. The second-order valence-electron chi connectivity index (χ2n) is 5.83. The van der Waals surface area contributed by atoms with Gasteiger partial charge in [-0.1, -0.05) is 6.42 Å². The Morgan fingerprint density at radius 2 is 2.33 bits per heavy atom. The average molecular weight is 241 g/mol. The molecule has 0 aromatic carbocycles. The van der Waals surface area contributed by atoms with Crippen LogP contribution in [0.4, 0.5) is 5.82 Å². The van der Waals surface area contributed by atoms with Crippen LogP contribution in [-0.2, 0) is 0 Å². The summed E-state index contributed by atoms with van der Waals surface area (Å²) >= 11 is 0. The largest absolute Gasteiger partial charge is 0.359 e. The van der Waals surface area contributed by atoms with Crippen molar-refractivity contribution in [2.75, 3.05) is 18.5 Å². The molecule has 2 saturated carbocycles. The predicted molar refractivity (Wildman–Crippen MR) is 71.2 cm³/mol. The lowest BCUT2D eigenvalue weighted by Gasteiger charge is -2.27. The summed E-state index contributed by atoms with van der Waals surface area (Å²) in [5, 5.41) is 8.92. The highest BCUT2D eigenvalue weighted by molar-refractivity contribution is 5.44. The smallest absolute Gasteiger partial charge is 0.129 e. The van der Waals surface area contributed by atoms with Gasteiger partial charge in [0.1, 0.15) is 5.82 Å². The van der Waals surface area contributed by atoms with Gasteiger partial charge in [0.15, 0.2) is 0 Å². The van der Waals surface area contributed by atoms with Crippen molar-refractivity contribution in [3.05, 3.63) is 23.9 Å². The van der Waals surface area contributed by atoms with Gasteiger partial charge in [-0.15, -0.1) is 0 Å². The lowest BCUT2D eigenvalue weighted by molar-refractivity contribution is 0.337. The summed E-state index contributed by atoms with van der Waals surface area (Å²) in [5.74, 6) is 3.70. The number of nitriles is 1. The minimum absolute atomic E-state index is 0.694. The third-order valence-corrected chi connectivity index (χ3v) is 4.66. The molecule has 2 aliphatic rings. The topological polar surface area (TPSA) is 39.9 Å². The molecule has 3 nitrogen and oxygen atoms in total. The normalized spacial score (nSPS) is 29.2. The Morgan fingerprint density at radius 3 is 3.00 bits per heavy atom. The van der Waals surface area contributed by atoms with E-state index in [4.69, 9.17) is 5.26 Å². The fourth-order valence-electron chi connectivity index (χ4n) is 3.74. The van der Waals surface area contributed by atoms with Crippen LogP contribution in [0.2, 0.25) is 0 Å². The molecular weight excluding hydrogens is 222 g/mol. The van der Waals surface area contributed by atoms with Gasteiger partial charge in [0.05, 0.1) is 11.6 Å². The van der Waals surface area contributed by atoms with Crippen molar-refractivity contribution in [3.8, 4) is 6.07 Å². The van der Waals surface area contributed by atoms with Gasteiger partial charge in [0.2, 0.25) is 0 Å². The van der Waals surface area contributed by atoms with Crippen molar-refractivity contribution < 1.29 is 0 Å². The summed E-state index contributed by atoms with van der Waals surface area (Å²) in [7, 11) is 2.09. The second kappa shape index (κ2) is 4.61. The Kier molecular flexibility index (Phi) is 2.95. The third-order valence-electron chi connectivity index (χ3n) is 4.66. The highest BCUT2D eigenvalue weighted by Crippen LogP contribution is 2.48. The fourth-order valence-corrected chi connectivity index (χ4v) is 3.74. The van der Waals surface area contributed by atoms with Gasteiger partial charge in [-0.2, -0.15) is 5.26 Å². The van der Waals surface area contributed by atoms with Crippen LogP contribution in [0, 0.1) is 29.1 Å². The predicted octanol–water partition coefficient (Wildman–Crippen LogP) is 2.83. The Morgan fingerprint density at radius 1 is 1.44 bits per heavy atom. The molecule has 3 heteroatoms. The number of hydrogen-bond acceptors (Lipinski definition) is 3. The molecule has 2 fully saturated rings. The first-order chi connectivity index (χ1) is 8.76. The van der Waals surface area contributed by atoms with E-state index in [2.05, 4.69) is 23.0 Å². The Labute approximate surface area is 108 Å². The number of pyridine rings is 1. The maximum Gasteiger partial charge on any atom is 0.129 e. The Bertz CT molecular complexity index is 477. The molecule has 1 aromatic heterocycles. The zero-order chi connectivity index (χ0) is 12.5. The summed E-state index contributed by atoms with van der Waals surface area (Å²) in [4.78, 5) is 6.58. The SMILES string of the molecule is CN(CC1CC2CCC1C2)c1cc(C#N)ccn1. The zero-order valence-corrected chi connectivity index (χ0v) is 10.8. The minimum Gasteiger partial charge on any atom is -0.359 e. The number of rotatable bonds is 3. The maximum absolute atomic E-state index is 8.92. The molecule has 0 amide bonds. The molecule has 18 heavy (non-hydrogen) atoms. The minimum atomic E-state index is 0.694. The molecule has 1 heterocycles. The van der Waals surface area contributed by atoms with Gasteiger partial charge in [-0.05, 0) is 49.1 Å². The molecule has 3 rings (SSSR count). The monoisotopic (exact) mass is 241 g/mol. The molecule has 94 valence electrons. The van der Waals surface area contributed by atoms with Crippen LogP contribution in [-0.4, -0.2) is 18.6 Å². The first-order valence-electron chi connectivity index (χ1n) is 6.83. The maximum atomic E-state index is 8.92. The standard InChI is InChI=1S/C15H19N3/c1-18(15-8-12(9-16)4-5-17-15)10-14-7-11-2-3-13(14)6-11/h4-5,8,11,13-14H,2-3,6-7,10H2,1H3. The van der Waals surface area contributed by atoms with E-state index in [1.54, 1.807) is 12.3 Å². The zero-order valence-electron chi connectivity index (χ0n) is 10.8.